The van der Waals surface area contributed by atoms with Crippen LogP contribution in [-0.2, 0) is 25.8 Å². The number of carbonyl (C=O) groups excluding carboxylic acids is 1. The molecule has 13 heteroatoms. The molecule has 0 spiro atoms. The number of halogens is 4. The van der Waals surface area contributed by atoms with Gasteiger partial charge >= 0.3 is 10.2 Å². The van der Waals surface area contributed by atoms with Crippen LogP contribution in [0.4, 0.5) is 11.4 Å². The first-order valence-electron chi connectivity index (χ1n) is 15.4. The average molecular weight is 743 g/mol. The van der Waals surface area contributed by atoms with Crippen molar-refractivity contribution in [1.29, 1.82) is 0 Å². The fraction of sp³-hybridized carbons (Fsp3) is 0.412. The van der Waals surface area contributed by atoms with Crippen LogP contribution in [0.25, 0.3) is 0 Å². The predicted octanol–water partition coefficient (Wildman–Crippen LogP) is 9.54. The number of benzene rings is 3. The summed E-state index contributed by atoms with van der Waals surface area (Å²) >= 11 is 25.0. The number of hydrogen-bond acceptors (Lipinski definition) is 5. The zero-order valence-corrected chi connectivity index (χ0v) is 31.2. The van der Waals surface area contributed by atoms with Gasteiger partial charge in [-0.2, -0.15) is 18.1 Å². The van der Waals surface area contributed by atoms with E-state index in [1.807, 2.05) is 6.07 Å². The lowest BCUT2D eigenvalue weighted by molar-refractivity contribution is -0.116. The first-order valence-corrected chi connectivity index (χ1v) is 18.3. The van der Waals surface area contributed by atoms with Crippen LogP contribution in [0, 0.1) is 0 Å². The number of nitrogens with one attached hydrogen (secondary N) is 1. The third kappa shape index (κ3) is 8.56. The van der Waals surface area contributed by atoms with E-state index in [4.69, 9.17) is 51.1 Å². The van der Waals surface area contributed by atoms with Gasteiger partial charge in [-0.3, -0.25) is 4.79 Å². The number of ether oxygens (including phenoxy) is 1. The Morgan fingerprint density at radius 3 is 2.19 bits per heavy atom. The number of hydrazone groups is 1. The Hall–Kier alpha value is -2.53. The zero-order valence-electron chi connectivity index (χ0n) is 27.3. The van der Waals surface area contributed by atoms with Crippen molar-refractivity contribution in [3.05, 3.63) is 85.8 Å². The van der Waals surface area contributed by atoms with Crippen LogP contribution in [0.1, 0.15) is 78.4 Å². The summed E-state index contributed by atoms with van der Waals surface area (Å²) in [5.41, 5.74) is 2.60. The van der Waals surface area contributed by atoms with E-state index >= 15 is 0 Å². The van der Waals surface area contributed by atoms with Crippen LogP contribution in [0.2, 0.25) is 20.1 Å². The van der Waals surface area contributed by atoms with Crippen LogP contribution in [0.3, 0.4) is 0 Å². The zero-order chi connectivity index (χ0) is 34.7. The summed E-state index contributed by atoms with van der Waals surface area (Å²) in [4.78, 5) is 13.1. The van der Waals surface area contributed by atoms with Gasteiger partial charge in [-0.25, -0.2) is 4.31 Å². The molecule has 1 heterocycles. The summed E-state index contributed by atoms with van der Waals surface area (Å²) in [7, 11) is -4.26. The highest BCUT2D eigenvalue weighted by atomic mass is 35.5. The van der Waals surface area contributed by atoms with Crippen molar-refractivity contribution in [2.75, 3.05) is 22.5 Å². The van der Waals surface area contributed by atoms with E-state index in [0.717, 1.165) is 33.5 Å². The summed E-state index contributed by atoms with van der Waals surface area (Å²) in [5.74, 6) is 0.194. The standard InChI is InChI=1S/C34H40Cl4N4O4S/c1-7-33(3,4)22-13-14-29(26(17-22)34(5,6)8-2)46-16-10-15-39-47(44,45)42(25-12-9-11-23(35)18-25)30-21-31(43)41(40-30)32-27(37)19-24(36)20-28(32)38/h9,11-14,17-20,39H,7-8,10,15-16,21H2,1-6H3. The van der Waals surface area contributed by atoms with Crippen LogP contribution >= 0.6 is 46.4 Å². The molecule has 0 atom stereocenters. The lowest BCUT2D eigenvalue weighted by atomic mass is 9.76. The Kier molecular flexibility index (Phi) is 11.8. The van der Waals surface area contributed by atoms with Gasteiger partial charge in [-0.1, -0.05) is 106 Å². The number of amidine groups is 1. The van der Waals surface area contributed by atoms with E-state index in [1.54, 1.807) is 18.2 Å². The molecule has 254 valence electrons. The molecule has 1 aliphatic rings. The van der Waals surface area contributed by atoms with Crippen molar-refractivity contribution in [2.45, 2.75) is 78.1 Å². The van der Waals surface area contributed by atoms with Gasteiger partial charge < -0.3 is 4.74 Å². The number of hydrogen-bond donors (Lipinski definition) is 1. The molecule has 0 bridgehead atoms. The van der Waals surface area contributed by atoms with Gasteiger partial charge in [-0.05, 0) is 72.1 Å². The highest BCUT2D eigenvalue weighted by Crippen LogP contribution is 2.40. The first kappa shape index (κ1) is 37.3. The number of rotatable bonds is 13. The molecule has 0 fully saturated rings. The highest BCUT2D eigenvalue weighted by Gasteiger charge is 2.37. The number of anilines is 2. The molecule has 1 N–H and O–H groups in total. The summed E-state index contributed by atoms with van der Waals surface area (Å²) in [5, 5.41) is 6.09. The van der Waals surface area contributed by atoms with Gasteiger partial charge in [0.15, 0.2) is 5.84 Å². The molecular weight excluding hydrogens is 702 g/mol. The number of carbonyl (C=O) groups is 1. The quantitative estimate of drug-likeness (QED) is 0.177. The van der Waals surface area contributed by atoms with E-state index in [1.165, 1.54) is 23.8 Å². The smallest absolute Gasteiger partial charge is 0.306 e. The van der Waals surface area contributed by atoms with E-state index in [2.05, 4.69) is 63.5 Å². The minimum atomic E-state index is -4.26. The van der Waals surface area contributed by atoms with Crippen LogP contribution < -0.4 is 18.8 Å². The Balaban J connectivity index is 1.54. The average Bonchev–Trinajstić information content (AvgIpc) is 3.35. The molecule has 0 saturated heterocycles. The normalized spacial score (nSPS) is 14.0. The predicted molar refractivity (Wildman–Crippen MR) is 195 cm³/mol. The Bertz CT molecular complexity index is 1760. The van der Waals surface area contributed by atoms with Crippen molar-refractivity contribution in [3.8, 4) is 5.75 Å². The topological polar surface area (TPSA) is 91.3 Å². The maximum atomic E-state index is 13.8. The van der Waals surface area contributed by atoms with Crippen molar-refractivity contribution < 1.29 is 17.9 Å². The third-order valence-electron chi connectivity index (χ3n) is 8.59. The fourth-order valence-electron chi connectivity index (χ4n) is 4.99. The maximum absolute atomic E-state index is 13.8. The van der Waals surface area contributed by atoms with Gasteiger partial charge in [0.25, 0.3) is 5.91 Å². The van der Waals surface area contributed by atoms with Gasteiger partial charge in [0.1, 0.15) is 11.4 Å². The van der Waals surface area contributed by atoms with Crippen LogP contribution in [0.15, 0.2) is 59.7 Å². The maximum Gasteiger partial charge on any atom is 0.306 e. The second-order valence-electron chi connectivity index (χ2n) is 12.6. The molecule has 0 aromatic heterocycles. The molecule has 0 saturated carbocycles. The van der Waals surface area contributed by atoms with Crippen molar-refractivity contribution in [2.24, 2.45) is 5.10 Å². The lowest BCUT2D eigenvalue weighted by Crippen LogP contribution is -2.45. The molecule has 1 aliphatic heterocycles. The fourth-order valence-corrected chi connectivity index (χ4v) is 7.45. The molecule has 0 unspecified atom stereocenters. The molecule has 8 nitrogen and oxygen atoms in total. The largest absolute Gasteiger partial charge is 0.493 e. The Morgan fingerprint density at radius 1 is 0.915 bits per heavy atom. The van der Waals surface area contributed by atoms with E-state index in [9.17, 15) is 13.2 Å². The monoisotopic (exact) mass is 740 g/mol. The second kappa shape index (κ2) is 14.9. The number of nitrogens with zero attached hydrogens (tertiary/aromatic N) is 3. The minimum absolute atomic E-state index is 0.0306. The van der Waals surface area contributed by atoms with E-state index in [-0.39, 0.29) is 62.7 Å². The Labute approximate surface area is 298 Å². The molecule has 3 aromatic rings. The van der Waals surface area contributed by atoms with Crippen LogP contribution in [0.5, 0.6) is 5.75 Å². The highest BCUT2D eigenvalue weighted by molar-refractivity contribution is 7.91. The number of amides is 1. The van der Waals surface area contributed by atoms with Gasteiger partial charge in [0.2, 0.25) is 0 Å². The molecule has 0 radical (unpaired) electrons. The van der Waals surface area contributed by atoms with E-state index < -0.39 is 16.1 Å². The van der Waals surface area contributed by atoms with Crippen molar-refractivity contribution in [3.63, 3.8) is 0 Å². The molecule has 1 amide bonds. The molecule has 4 rings (SSSR count). The SMILES string of the molecule is CCC(C)(C)c1ccc(OCCCNS(=O)(=O)N(C2=NN(c3c(Cl)cc(Cl)cc3Cl)C(=O)C2)c2cccc(Cl)c2)c(C(C)(C)CC)c1. The van der Waals surface area contributed by atoms with E-state index in [0.29, 0.717) is 11.4 Å². The Morgan fingerprint density at radius 2 is 1.57 bits per heavy atom. The summed E-state index contributed by atoms with van der Waals surface area (Å²) in [6.45, 7) is 13.5. The lowest BCUT2D eigenvalue weighted by Gasteiger charge is -2.30. The summed E-state index contributed by atoms with van der Waals surface area (Å²) in [6, 6.07) is 15.5. The minimum Gasteiger partial charge on any atom is -0.493 e. The molecule has 0 aliphatic carbocycles. The molecule has 47 heavy (non-hydrogen) atoms. The van der Waals surface area contributed by atoms with Gasteiger partial charge in [0, 0.05) is 22.2 Å². The second-order valence-corrected chi connectivity index (χ2v) is 15.9. The summed E-state index contributed by atoms with van der Waals surface area (Å²) in [6.07, 6.45) is 1.97. The van der Waals surface area contributed by atoms with Crippen molar-refractivity contribution in [1.82, 2.24) is 4.72 Å². The third-order valence-corrected chi connectivity index (χ3v) is 11.1. The first-order chi connectivity index (χ1) is 22.0. The summed E-state index contributed by atoms with van der Waals surface area (Å²) < 4.78 is 37.5. The molecular formula is C34H40Cl4N4O4S. The van der Waals surface area contributed by atoms with Crippen LogP contribution in [-0.4, -0.2) is 33.3 Å². The van der Waals surface area contributed by atoms with Gasteiger partial charge in [-0.15, -0.1) is 5.10 Å². The van der Waals surface area contributed by atoms with Crippen molar-refractivity contribution >= 4 is 79.7 Å². The molecule has 3 aromatic carbocycles. The van der Waals surface area contributed by atoms with Gasteiger partial charge in [0.05, 0.1) is 28.8 Å².